The van der Waals surface area contributed by atoms with Gasteiger partial charge in [-0.2, -0.15) is 5.26 Å². The maximum Gasteiger partial charge on any atom is 0.124 e. The van der Waals surface area contributed by atoms with Gasteiger partial charge in [0.05, 0.1) is 11.6 Å². The number of rotatable bonds is 3. The van der Waals surface area contributed by atoms with Gasteiger partial charge in [-0.3, -0.25) is 0 Å². The molecule has 0 aliphatic carbocycles. The van der Waals surface area contributed by atoms with Crippen LogP contribution in [-0.4, -0.2) is 6.54 Å². The van der Waals surface area contributed by atoms with E-state index in [-0.39, 0.29) is 11.2 Å². The molecule has 1 rings (SSSR count). The van der Waals surface area contributed by atoms with Crippen molar-refractivity contribution in [2.75, 3.05) is 6.54 Å². The highest BCUT2D eigenvalue weighted by Gasteiger charge is 2.09. The van der Waals surface area contributed by atoms with Crippen LogP contribution in [0.25, 0.3) is 0 Å². The normalized spacial score (nSPS) is 11.2. The molecule has 16 heavy (non-hydrogen) atoms. The molecule has 0 saturated carbocycles. The number of halogens is 1. The van der Waals surface area contributed by atoms with Crippen molar-refractivity contribution < 1.29 is 4.39 Å². The second kappa shape index (κ2) is 5.09. The molecular weight excluding hydrogens is 203 g/mol. The Labute approximate surface area is 96.1 Å². The van der Waals surface area contributed by atoms with E-state index in [1.165, 1.54) is 12.1 Å². The molecule has 1 N–H and O–H groups in total. The third kappa shape index (κ3) is 4.41. The number of nitriles is 1. The van der Waals surface area contributed by atoms with E-state index in [4.69, 9.17) is 5.26 Å². The van der Waals surface area contributed by atoms with Crippen molar-refractivity contribution in [2.45, 2.75) is 27.3 Å². The molecule has 0 aliphatic rings. The third-order valence-electron chi connectivity index (χ3n) is 2.07. The first-order valence-corrected chi connectivity index (χ1v) is 5.31. The molecule has 3 heteroatoms. The topological polar surface area (TPSA) is 35.8 Å². The average Bonchev–Trinajstić information content (AvgIpc) is 2.14. The van der Waals surface area contributed by atoms with E-state index in [1.807, 2.05) is 6.07 Å². The van der Waals surface area contributed by atoms with Crippen LogP contribution in [0.5, 0.6) is 0 Å². The number of nitrogens with zero attached hydrogens (tertiary/aromatic N) is 1. The molecule has 0 saturated heterocycles. The standard InChI is InChI=1S/C13H17FN2/c1-13(2,3)9-16-8-11-4-10(7-15)5-12(14)6-11/h4-6,16H,8-9H2,1-3H3. The van der Waals surface area contributed by atoms with Crippen LogP contribution in [0.1, 0.15) is 31.9 Å². The van der Waals surface area contributed by atoms with Crippen molar-refractivity contribution in [1.29, 1.82) is 5.26 Å². The molecule has 0 unspecified atom stereocenters. The van der Waals surface area contributed by atoms with Gasteiger partial charge in [0.15, 0.2) is 0 Å². The maximum absolute atomic E-state index is 13.1. The minimum absolute atomic E-state index is 0.200. The Morgan fingerprint density at radius 1 is 1.31 bits per heavy atom. The van der Waals surface area contributed by atoms with E-state index in [2.05, 4.69) is 26.1 Å². The first kappa shape index (κ1) is 12.7. The van der Waals surface area contributed by atoms with Crippen LogP contribution in [0.15, 0.2) is 18.2 Å². The molecule has 0 fully saturated rings. The SMILES string of the molecule is CC(C)(C)CNCc1cc(F)cc(C#N)c1. The molecule has 86 valence electrons. The van der Waals surface area contributed by atoms with Crippen LogP contribution in [0, 0.1) is 22.6 Å². The molecular formula is C13H17FN2. The van der Waals surface area contributed by atoms with Crippen LogP contribution >= 0.6 is 0 Å². The largest absolute Gasteiger partial charge is 0.312 e. The molecule has 0 heterocycles. The Balaban J connectivity index is 2.61. The lowest BCUT2D eigenvalue weighted by atomic mass is 9.97. The fourth-order valence-electron chi connectivity index (χ4n) is 1.40. The fourth-order valence-corrected chi connectivity index (χ4v) is 1.40. The van der Waals surface area contributed by atoms with Crippen LogP contribution in [0.4, 0.5) is 4.39 Å². The minimum Gasteiger partial charge on any atom is -0.312 e. The first-order valence-electron chi connectivity index (χ1n) is 5.31. The molecule has 0 bridgehead atoms. The van der Waals surface area contributed by atoms with Crippen LogP contribution in [0.2, 0.25) is 0 Å². The molecule has 0 spiro atoms. The average molecular weight is 220 g/mol. The summed E-state index contributed by atoms with van der Waals surface area (Å²) in [5.41, 5.74) is 1.37. The summed E-state index contributed by atoms with van der Waals surface area (Å²) in [5.74, 6) is -0.355. The highest BCUT2D eigenvalue weighted by Crippen LogP contribution is 2.12. The molecule has 0 aromatic heterocycles. The fraction of sp³-hybridized carbons (Fsp3) is 0.462. The molecule has 0 radical (unpaired) electrons. The zero-order chi connectivity index (χ0) is 12.2. The maximum atomic E-state index is 13.1. The lowest BCUT2D eigenvalue weighted by Gasteiger charge is -2.18. The van der Waals surface area contributed by atoms with Crippen molar-refractivity contribution in [3.05, 3.63) is 35.1 Å². The molecule has 0 amide bonds. The molecule has 1 aromatic rings. The number of benzene rings is 1. The summed E-state index contributed by atoms with van der Waals surface area (Å²) in [7, 11) is 0. The highest BCUT2D eigenvalue weighted by molar-refractivity contribution is 5.33. The predicted molar refractivity (Wildman–Crippen MR) is 62.3 cm³/mol. The number of hydrogen-bond acceptors (Lipinski definition) is 2. The van der Waals surface area contributed by atoms with Gasteiger partial charge in [-0.25, -0.2) is 4.39 Å². The smallest absolute Gasteiger partial charge is 0.124 e. The Kier molecular flexibility index (Phi) is 4.03. The summed E-state index contributed by atoms with van der Waals surface area (Å²) in [5, 5.41) is 11.9. The van der Waals surface area contributed by atoms with E-state index in [1.54, 1.807) is 6.07 Å². The predicted octanol–water partition coefficient (Wildman–Crippen LogP) is 2.83. The number of hydrogen-bond donors (Lipinski definition) is 1. The molecule has 0 aliphatic heterocycles. The third-order valence-corrected chi connectivity index (χ3v) is 2.07. The zero-order valence-electron chi connectivity index (χ0n) is 9.97. The second-order valence-corrected chi connectivity index (χ2v) is 5.12. The van der Waals surface area contributed by atoms with E-state index in [0.717, 1.165) is 12.1 Å². The van der Waals surface area contributed by atoms with E-state index in [9.17, 15) is 4.39 Å². The Hall–Kier alpha value is -1.40. The van der Waals surface area contributed by atoms with Gasteiger partial charge in [0.1, 0.15) is 5.82 Å². The lowest BCUT2D eigenvalue weighted by molar-refractivity contribution is 0.379. The van der Waals surface area contributed by atoms with E-state index >= 15 is 0 Å². The lowest BCUT2D eigenvalue weighted by Crippen LogP contribution is -2.26. The quantitative estimate of drug-likeness (QED) is 0.850. The van der Waals surface area contributed by atoms with Crippen molar-refractivity contribution >= 4 is 0 Å². The van der Waals surface area contributed by atoms with Crippen LogP contribution in [0.3, 0.4) is 0 Å². The number of nitrogens with one attached hydrogen (secondary N) is 1. The summed E-state index contributed by atoms with van der Waals surface area (Å²) in [4.78, 5) is 0. The van der Waals surface area contributed by atoms with Crippen molar-refractivity contribution in [2.24, 2.45) is 5.41 Å². The summed E-state index contributed by atoms with van der Waals surface area (Å²) in [6, 6.07) is 6.35. The van der Waals surface area contributed by atoms with Gasteiger partial charge in [0.25, 0.3) is 0 Å². The summed E-state index contributed by atoms with van der Waals surface area (Å²) in [6.45, 7) is 7.83. The zero-order valence-corrected chi connectivity index (χ0v) is 9.97. The minimum atomic E-state index is -0.355. The van der Waals surface area contributed by atoms with E-state index in [0.29, 0.717) is 12.1 Å². The summed E-state index contributed by atoms with van der Waals surface area (Å²) in [6.07, 6.45) is 0. The van der Waals surface area contributed by atoms with Crippen LogP contribution in [-0.2, 0) is 6.54 Å². The van der Waals surface area contributed by atoms with Gasteiger partial charge in [0, 0.05) is 13.1 Å². The first-order chi connectivity index (χ1) is 7.40. The van der Waals surface area contributed by atoms with Gasteiger partial charge < -0.3 is 5.32 Å². The second-order valence-electron chi connectivity index (χ2n) is 5.12. The Bertz CT molecular complexity index is 399. The van der Waals surface area contributed by atoms with Gasteiger partial charge in [-0.05, 0) is 29.2 Å². The summed E-state index contributed by atoms with van der Waals surface area (Å²) >= 11 is 0. The Morgan fingerprint density at radius 2 is 2.00 bits per heavy atom. The van der Waals surface area contributed by atoms with Crippen molar-refractivity contribution in [3.8, 4) is 6.07 Å². The van der Waals surface area contributed by atoms with Crippen LogP contribution < -0.4 is 5.32 Å². The van der Waals surface area contributed by atoms with Gasteiger partial charge >= 0.3 is 0 Å². The van der Waals surface area contributed by atoms with Gasteiger partial charge in [0.2, 0.25) is 0 Å². The molecule has 2 nitrogen and oxygen atoms in total. The van der Waals surface area contributed by atoms with Gasteiger partial charge in [-0.1, -0.05) is 20.8 Å². The Morgan fingerprint density at radius 3 is 2.56 bits per heavy atom. The highest BCUT2D eigenvalue weighted by atomic mass is 19.1. The summed E-state index contributed by atoms with van der Waals surface area (Å²) < 4.78 is 13.1. The van der Waals surface area contributed by atoms with Crippen molar-refractivity contribution in [3.63, 3.8) is 0 Å². The monoisotopic (exact) mass is 220 g/mol. The van der Waals surface area contributed by atoms with E-state index < -0.39 is 0 Å². The van der Waals surface area contributed by atoms with Gasteiger partial charge in [-0.15, -0.1) is 0 Å². The molecule has 0 atom stereocenters. The van der Waals surface area contributed by atoms with Crippen molar-refractivity contribution in [1.82, 2.24) is 5.32 Å². The molecule has 1 aromatic carbocycles.